The molecule has 0 N–H and O–H groups in total. The van der Waals surface area contributed by atoms with Crippen molar-refractivity contribution < 1.29 is 18.0 Å². The molecular weight excluding hydrogens is 237 g/mol. The van der Waals surface area contributed by atoms with Crippen LogP contribution in [0.15, 0.2) is 4.79 Å². The molecule has 0 unspecified atom stereocenters. The third-order valence-electron chi connectivity index (χ3n) is 2.71. The van der Waals surface area contributed by atoms with Crippen LogP contribution >= 0.6 is 0 Å². The standard InChI is InChI=1S/C10H9F3N2O2/c11-10(12,13)8-6-2-1-3-7(6)14-15(4-5-16)9(8)17/h5H,1-4H2. The van der Waals surface area contributed by atoms with E-state index >= 15 is 0 Å². The van der Waals surface area contributed by atoms with Crippen LogP contribution in [-0.4, -0.2) is 16.1 Å². The van der Waals surface area contributed by atoms with Crippen molar-refractivity contribution in [1.29, 1.82) is 0 Å². The van der Waals surface area contributed by atoms with Crippen LogP contribution < -0.4 is 5.56 Å². The first kappa shape index (κ1) is 11.8. The van der Waals surface area contributed by atoms with E-state index in [1.54, 1.807) is 0 Å². The summed E-state index contributed by atoms with van der Waals surface area (Å²) >= 11 is 0. The zero-order valence-electron chi connectivity index (χ0n) is 8.75. The van der Waals surface area contributed by atoms with Gasteiger partial charge in [-0.25, -0.2) is 4.68 Å². The molecule has 4 nitrogen and oxygen atoms in total. The first-order chi connectivity index (χ1) is 7.95. The van der Waals surface area contributed by atoms with Gasteiger partial charge in [0.25, 0.3) is 5.56 Å². The van der Waals surface area contributed by atoms with Crippen molar-refractivity contribution in [3.8, 4) is 0 Å². The summed E-state index contributed by atoms with van der Waals surface area (Å²) in [6.07, 6.45) is -3.16. The summed E-state index contributed by atoms with van der Waals surface area (Å²) < 4.78 is 39.0. The third kappa shape index (κ3) is 1.96. The largest absolute Gasteiger partial charge is 0.422 e. The molecule has 0 saturated carbocycles. The van der Waals surface area contributed by atoms with Crippen LogP contribution in [0, 0.1) is 0 Å². The molecule has 0 aliphatic heterocycles. The second-order valence-electron chi connectivity index (χ2n) is 3.81. The number of fused-ring (bicyclic) bond motifs is 1. The fraction of sp³-hybridized carbons (Fsp3) is 0.500. The highest BCUT2D eigenvalue weighted by atomic mass is 19.4. The summed E-state index contributed by atoms with van der Waals surface area (Å²) in [5, 5.41) is 3.79. The van der Waals surface area contributed by atoms with Crippen LogP contribution in [-0.2, 0) is 30.4 Å². The van der Waals surface area contributed by atoms with Crippen LogP contribution in [0.3, 0.4) is 0 Å². The monoisotopic (exact) mass is 246 g/mol. The molecule has 0 fully saturated rings. The summed E-state index contributed by atoms with van der Waals surface area (Å²) in [5.74, 6) is 0. The Balaban J connectivity index is 2.71. The summed E-state index contributed by atoms with van der Waals surface area (Å²) in [4.78, 5) is 21.9. The van der Waals surface area contributed by atoms with E-state index in [4.69, 9.17) is 0 Å². The van der Waals surface area contributed by atoms with Crippen molar-refractivity contribution >= 4 is 6.29 Å². The highest BCUT2D eigenvalue weighted by Gasteiger charge is 2.40. The Morgan fingerprint density at radius 3 is 2.65 bits per heavy atom. The lowest BCUT2D eigenvalue weighted by Crippen LogP contribution is -2.33. The quantitative estimate of drug-likeness (QED) is 0.730. The van der Waals surface area contributed by atoms with Crippen LogP contribution in [0.4, 0.5) is 13.2 Å². The van der Waals surface area contributed by atoms with Gasteiger partial charge in [0, 0.05) is 0 Å². The second kappa shape index (κ2) is 3.97. The highest BCUT2D eigenvalue weighted by molar-refractivity contribution is 5.49. The molecule has 0 saturated heterocycles. The molecule has 92 valence electrons. The van der Waals surface area contributed by atoms with E-state index < -0.39 is 23.8 Å². The van der Waals surface area contributed by atoms with Crippen LogP contribution in [0.1, 0.15) is 23.2 Å². The molecule has 1 aromatic heterocycles. The number of aldehydes is 1. The first-order valence-electron chi connectivity index (χ1n) is 5.09. The highest BCUT2D eigenvalue weighted by Crippen LogP contribution is 2.33. The van der Waals surface area contributed by atoms with E-state index in [1.807, 2.05) is 0 Å². The fourth-order valence-corrected chi connectivity index (χ4v) is 2.04. The Hall–Kier alpha value is -1.66. The number of hydrogen-bond acceptors (Lipinski definition) is 3. The number of aromatic nitrogens is 2. The Bertz CT molecular complexity index is 520. The average Bonchev–Trinajstić information content (AvgIpc) is 2.64. The van der Waals surface area contributed by atoms with Crippen LogP contribution in [0.25, 0.3) is 0 Å². The molecule has 1 heterocycles. The van der Waals surface area contributed by atoms with Crippen molar-refractivity contribution in [2.75, 3.05) is 0 Å². The number of aryl methyl sites for hydroxylation is 1. The maximum atomic E-state index is 12.8. The maximum absolute atomic E-state index is 12.8. The average molecular weight is 246 g/mol. The smallest absolute Gasteiger partial charge is 0.301 e. The Morgan fingerprint density at radius 1 is 1.35 bits per heavy atom. The van der Waals surface area contributed by atoms with Gasteiger partial charge in [-0.1, -0.05) is 0 Å². The van der Waals surface area contributed by atoms with E-state index in [1.165, 1.54) is 0 Å². The van der Waals surface area contributed by atoms with Gasteiger partial charge in [0.1, 0.15) is 18.4 Å². The summed E-state index contributed by atoms with van der Waals surface area (Å²) in [7, 11) is 0. The van der Waals surface area contributed by atoms with E-state index in [0.717, 1.165) is 0 Å². The van der Waals surface area contributed by atoms with Crippen LogP contribution in [0.5, 0.6) is 0 Å². The zero-order valence-corrected chi connectivity index (χ0v) is 8.75. The molecule has 7 heteroatoms. The Kier molecular flexibility index (Phi) is 2.76. The molecule has 0 atom stereocenters. The number of halogens is 3. The lowest BCUT2D eigenvalue weighted by atomic mass is 10.1. The maximum Gasteiger partial charge on any atom is 0.422 e. The van der Waals surface area contributed by atoms with E-state index in [0.29, 0.717) is 23.8 Å². The number of nitrogens with zero attached hydrogens (tertiary/aromatic N) is 2. The molecule has 1 aliphatic carbocycles. The van der Waals surface area contributed by atoms with Gasteiger partial charge in [-0.15, -0.1) is 0 Å². The van der Waals surface area contributed by atoms with Crippen LogP contribution in [0.2, 0.25) is 0 Å². The van der Waals surface area contributed by atoms with Gasteiger partial charge in [0.05, 0.1) is 5.69 Å². The Morgan fingerprint density at radius 2 is 2.06 bits per heavy atom. The lowest BCUT2D eigenvalue weighted by molar-refractivity contribution is -0.139. The van der Waals surface area contributed by atoms with Crippen molar-refractivity contribution in [3.63, 3.8) is 0 Å². The van der Waals surface area contributed by atoms with Gasteiger partial charge in [-0.05, 0) is 24.8 Å². The van der Waals surface area contributed by atoms with E-state index in [2.05, 4.69) is 5.10 Å². The molecule has 0 bridgehead atoms. The van der Waals surface area contributed by atoms with Gasteiger partial charge in [0.2, 0.25) is 0 Å². The predicted molar refractivity (Wildman–Crippen MR) is 51.6 cm³/mol. The van der Waals surface area contributed by atoms with E-state index in [-0.39, 0.29) is 17.7 Å². The van der Waals surface area contributed by atoms with Gasteiger partial charge in [-0.3, -0.25) is 4.79 Å². The molecule has 0 radical (unpaired) electrons. The fourth-order valence-electron chi connectivity index (χ4n) is 2.04. The number of rotatable bonds is 2. The van der Waals surface area contributed by atoms with Crippen molar-refractivity contribution in [1.82, 2.24) is 9.78 Å². The topological polar surface area (TPSA) is 52.0 Å². The summed E-state index contributed by atoms with van der Waals surface area (Å²) in [6.45, 7) is -0.449. The molecule has 17 heavy (non-hydrogen) atoms. The zero-order chi connectivity index (χ0) is 12.6. The minimum Gasteiger partial charge on any atom is -0.301 e. The summed E-state index contributed by atoms with van der Waals surface area (Å²) in [5.41, 5.74) is -2.13. The van der Waals surface area contributed by atoms with Gasteiger partial charge in [0.15, 0.2) is 0 Å². The molecular formula is C10H9F3N2O2. The van der Waals surface area contributed by atoms with Gasteiger partial charge >= 0.3 is 6.18 Å². The molecule has 1 aliphatic rings. The van der Waals surface area contributed by atoms with E-state index in [9.17, 15) is 22.8 Å². The Labute approximate surface area is 94.1 Å². The van der Waals surface area contributed by atoms with Gasteiger partial charge < -0.3 is 4.79 Å². The summed E-state index contributed by atoms with van der Waals surface area (Å²) in [6, 6.07) is 0. The van der Waals surface area contributed by atoms with Crippen molar-refractivity contribution in [3.05, 3.63) is 27.2 Å². The van der Waals surface area contributed by atoms with Gasteiger partial charge in [-0.2, -0.15) is 18.3 Å². The SMILES string of the molecule is O=CCn1nc2c(c(C(F)(F)F)c1=O)CCC2. The first-order valence-corrected chi connectivity index (χ1v) is 5.09. The normalized spacial score (nSPS) is 14.8. The number of hydrogen-bond donors (Lipinski definition) is 0. The molecule has 0 spiro atoms. The second-order valence-corrected chi connectivity index (χ2v) is 3.81. The molecule has 0 aromatic carbocycles. The molecule has 0 amide bonds. The van der Waals surface area contributed by atoms with Crippen molar-refractivity contribution in [2.45, 2.75) is 32.0 Å². The van der Waals surface area contributed by atoms with Crippen molar-refractivity contribution in [2.24, 2.45) is 0 Å². The molecule has 2 rings (SSSR count). The molecule has 1 aromatic rings. The third-order valence-corrected chi connectivity index (χ3v) is 2.71. The minimum absolute atomic E-state index is 0.00958. The lowest BCUT2D eigenvalue weighted by Gasteiger charge is -2.12. The number of carbonyl (C=O) groups is 1. The number of carbonyl (C=O) groups excluding carboxylic acids is 1. The minimum atomic E-state index is -4.70. The number of alkyl halides is 3. The predicted octanol–water partition coefficient (Wildman–Crippen LogP) is 0.950.